The van der Waals surface area contributed by atoms with Crippen molar-refractivity contribution in [2.45, 2.75) is 33.1 Å². The first-order chi connectivity index (χ1) is 8.45. The Balaban J connectivity index is 2.87. The summed E-state index contributed by atoms with van der Waals surface area (Å²) in [5.41, 5.74) is 0.715. The zero-order valence-electron chi connectivity index (χ0n) is 10.9. The van der Waals surface area contributed by atoms with Gasteiger partial charge in [0.2, 0.25) is 0 Å². The summed E-state index contributed by atoms with van der Waals surface area (Å²) in [4.78, 5) is 11.1. The molecule has 0 bridgehead atoms. The highest BCUT2D eigenvalue weighted by Crippen LogP contribution is 2.30. The molecule has 18 heavy (non-hydrogen) atoms. The van der Waals surface area contributed by atoms with Crippen LogP contribution in [0.1, 0.15) is 38.7 Å². The monoisotopic (exact) mass is 270 g/mol. The Kier molecular flexibility index (Phi) is 5.48. The third-order valence-corrected chi connectivity index (χ3v) is 2.93. The van der Waals surface area contributed by atoms with E-state index in [1.807, 2.05) is 6.92 Å². The van der Waals surface area contributed by atoms with Gasteiger partial charge in [0.05, 0.1) is 17.5 Å². The molecular formula is C14H19ClO3. The van der Waals surface area contributed by atoms with Gasteiger partial charge in [-0.3, -0.25) is 4.79 Å². The minimum absolute atomic E-state index is 0.420. The predicted molar refractivity (Wildman–Crippen MR) is 72.5 cm³/mol. The van der Waals surface area contributed by atoms with Crippen molar-refractivity contribution in [3.63, 3.8) is 0 Å². The average Bonchev–Trinajstić information content (AvgIpc) is 2.28. The van der Waals surface area contributed by atoms with E-state index in [4.69, 9.17) is 21.4 Å². The van der Waals surface area contributed by atoms with E-state index in [-0.39, 0.29) is 0 Å². The molecule has 0 amide bonds. The van der Waals surface area contributed by atoms with Gasteiger partial charge in [0.1, 0.15) is 5.75 Å². The van der Waals surface area contributed by atoms with E-state index in [2.05, 4.69) is 13.8 Å². The van der Waals surface area contributed by atoms with Crippen LogP contribution in [0.5, 0.6) is 5.75 Å². The molecule has 3 nitrogen and oxygen atoms in total. The predicted octanol–water partition coefficient (Wildman–Crippen LogP) is 3.95. The first-order valence-corrected chi connectivity index (χ1v) is 6.48. The molecule has 100 valence electrons. The van der Waals surface area contributed by atoms with Gasteiger partial charge in [0, 0.05) is 0 Å². The SMILES string of the molecule is CC[C@@H](C(=O)O)c1ccc(OCC(C)C)c(Cl)c1. The molecule has 1 aromatic rings. The standard InChI is InChI=1S/C14H19ClO3/c1-4-11(14(16)17)10-5-6-13(12(15)7-10)18-8-9(2)3/h5-7,9,11H,4,8H2,1-3H3,(H,16,17)/t11-/m1/s1. The van der Waals surface area contributed by atoms with Crippen LogP contribution in [-0.2, 0) is 4.79 Å². The van der Waals surface area contributed by atoms with Crippen molar-refractivity contribution in [2.24, 2.45) is 5.92 Å². The molecule has 1 rings (SSSR count). The van der Waals surface area contributed by atoms with Crippen LogP contribution in [0.3, 0.4) is 0 Å². The molecule has 1 aromatic carbocycles. The third-order valence-electron chi connectivity index (χ3n) is 2.64. The van der Waals surface area contributed by atoms with Gasteiger partial charge in [0.25, 0.3) is 0 Å². The third kappa shape index (κ3) is 3.91. The van der Waals surface area contributed by atoms with Crippen LogP contribution in [0.4, 0.5) is 0 Å². The van der Waals surface area contributed by atoms with Crippen molar-refractivity contribution in [1.82, 2.24) is 0 Å². The van der Waals surface area contributed by atoms with Gasteiger partial charge < -0.3 is 9.84 Å². The number of hydrogen-bond donors (Lipinski definition) is 1. The number of carbonyl (C=O) groups is 1. The van der Waals surface area contributed by atoms with Gasteiger partial charge in [-0.15, -0.1) is 0 Å². The summed E-state index contributed by atoms with van der Waals surface area (Å²) in [7, 11) is 0. The lowest BCUT2D eigenvalue weighted by molar-refractivity contribution is -0.138. The zero-order valence-corrected chi connectivity index (χ0v) is 11.7. The molecule has 4 heteroatoms. The number of carboxylic acid groups (broad SMARTS) is 1. The van der Waals surface area contributed by atoms with Crippen molar-refractivity contribution < 1.29 is 14.6 Å². The smallest absolute Gasteiger partial charge is 0.310 e. The Labute approximate surface area is 113 Å². The van der Waals surface area contributed by atoms with Gasteiger partial charge in [-0.05, 0) is 30.0 Å². The molecule has 0 heterocycles. The first-order valence-electron chi connectivity index (χ1n) is 6.10. The van der Waals surface area contributed by atoms with Gasteiger partial charge in [-0.25, -0.2) is 0 Å². The molecule has 0 aliphatic carbocycles. The van der Waals surface area contributed by atoms with E-state index < -0.39 is 11.9 Å². The van der Waals surface area contributed by atoms with E-state index in [1.165, 1.54) is 0 Å². The lowest BCUT2D eigenvalue weighted by Gasteiger charge is -2.14. The molecule has 0 saturated carbocycles. The number of hydrogen-bond acceptors (Lipinski definition) is 2. The normalized spacial score (nSPS) is 12.5. The van der Waals surface area contributed by atoms with Crippen LogP contribution in [0, 0.1) is 5.92 Å². The van der Waals surface area contributed by atoms with Gasteiger partial charge in [-0.2, -0.15) is 0 Å². The maximum absolute atomic E-state index is 11.1. The molecule has 0 saturated heterocycles. The Bertz CT molecular complexity index is 416. The largest absolute Gasteiger partial charge is 0.492 e. The summed E-state index contributed by atoms with van der Waals surface area (Å²) >= 11 is 6.10. The van der Waals surface area contributed by atoms with E-state index in [1.54, 1.807) is 18.2 Å². The molecule has 0 fully saturated rings. The van der Waals surface area contributed by atoms with Gasteiger partial charge in [-0.1, -0.05) is 38.4 Å². The number of rotatable bonds is 6. The number of carboxylic acids is 1. The Morgan fingerprint density at radius 3 is 2.56 bits per heavy atom. The minimum Gasteiger partial charge on any atom is -0.492 e. The second kappa shape index (κ2) is 6.64. The summed E-state index contributed by atoms with van der Waals surface area (Å²) in [6.45, 7) is 6.55. The van der Waals surface area contributed by atoms with Crippen LogP contribution >= 0.6 is 11.6 Å². The molecule has 0 aromatic heterocycles. The Morgan fingerprint density at radius 2 is 2.11 bits per heavy atom. The van der Waals surface area contributed by atoms with Crippen molar-refractivity contribution in [3.8, 4) is 5.75 Å². The molecule has 0 unspecified atom stereocenters. The molecule has 0 radical (unpaired) electrons. The zero-order chi connectivity index (χ0) is 13.7. The van der Waals surface area contributed by atoms with Crippen molar-refractivity contribution >= 4 is 17.6 Å². The van der Waals surface area contributed by atoms with E-state index in [0.717, 1.165) is 0 Å². The first kappa shape index (κ1) is 14.8. The van der Waals surface area contributed by atoms with E-state index >= 15 is 0 Å². The summed E-state index contributed by atoms with van der Waals surface area (Å²) in [6, 6.07) is 5.19. The lowest BCUT2D eigenvalue weighted by Crippen LogP contribution is -2.10. The molecule has 0 aliphatic heterocycles. The fourth-order valence-electron chi connectivity index (χ4n) is 1.66. The van der Waals surface area contributed by atoms with Crippen LogP contribution < -0.4 is 4.74 Å². The molecular weight excluding hydrogens is 252 g/mol. The average molecular weight is 271 g/mol. The molecule has 0 aliphatic rings. The van der Waals surface area contributed by atoms with E-state index in [0.29, 0.717) is 35.3 Å². The van der Waals surface area contributed by atoms with Crippen LogP contribution in [0.25, 0.3) is 0 Å². The fraction of sp³-hybridized carbons (Fsp3) is 0.500. The maximum atomic E-state index is 11.1. The number of ether oxygens (including phenoxy) is 1. The summed E-state index contributed by atoms with van der Waals surface area (Å²) < 4.78 is 5.55. The lowest BCUT2D eigenvalue weighted by atomic mass is 9.97. The minimum atomic E-state index is -0.829. The van der Waals surface area contributed by atoms with Crippen LogP contribution in [0.15, 0.2) is 18.2 Å². The molecule has 0 spiro atoms. The van der Waals surface area contributed by atoms with Gasteiger partial charge >= 0.3 is 5.97 Å². The van der Waals surface area contributed by atoms with Crippen molar-refractivity contribution in [2.75, 3.05) is 6.61 Å². The Hall–Kier alpha value is -1.22. The number of aliphatic carboxylic acids is 1. The number of benzene rings is 1. The topological polar surface area (TPSA) is 46.5 Å². The summed E-state index contributed by atoms with van der Waals surface area (Å²) in [6.07, 6.45) is 0.540. The maximum Gasteiger partial charge on any atom is 0.310 e. The second-order valence-electron chi connectivity index (χ2n) is 4.69. The van der Waals surface area contributed by atoms with Crippen molar-refractivity contribution in [1.29, 1.82) is 0 Å². The highest BCUT2D eigenvalue weighted by molar-refractivity contribution is 6.32. The quantitative estimate of drug-likeness (QED) is 0.851. The highest BCUT2D eigenvalue weighted by Gasteiger charge is 2.18. The summed E-state index contributed by atoms with van der Waals surface area (Å²) in [5, 5.41) is 9.55. The van der Waals surface area contributed by atoms with E-state index in [9.17, 15) is 4.79 Å². The van der Waals surface area contributed by atoms with Crippen LogP contribution in [0.2, 0.25) is 5.02 Å². The molecule has 1 atom stereocenters. The second-order valence-corrected chi connectivity index (χ2v) is 5.10. The summed E-state index contributed by atoms with van der Waals surface area (Å²) in [5.74, 6) is -0.316. The van der Waals surface area contributed by atoms with Crippen LogP contribution in [-0.4, -0.2) is 17.7 Å². The Morgan fingerprint density at radius 1 is 1.44 bits per heavy atom. The fourth-order valence-corrected chi connectivity index (χ4v) is 1.90. The highest BCUT2D eigenvalue weighted by atomic mass is 35.5. The number of halogens is 1. The van der Waals surface area contributed by atoms with Crippen molar-refractivity contribution in [3.05, 3.63) is 28.8 Å². The molecule has 1 N–H and O–H groups in total. The van der Waals surface area contributed by atoms with Gasteiger partial charge in [0.15, 0.2) is 0 Å².